The summed E-state index contributed by atoms with van der Waals surface area (Å²) in [5.41, 5.74) is 0.876. The molecule has 2 amide bonds. The Morgan fingerprint density at radius 3 is 2.34 bits per heavy atom. The standard InChI is InChI=1S/C22H26Cl2N2O3/c1-4-20(22(28)25-15(2)3)26(13-16-8-10-17(23)11-9-16)21(27)14-29-19-7-5-6-18(24)12-19/h5-12,15,20H,4,13-14H2,1-3H3,(H,25,28)/t20-/m0/s1. The summed E-state index contributed by atoms with van der Waals surface area (Å²) in [6, 6.07) is 13.4. The van der Waals surface area contributed by atoms with Gasteiger partial charge in [-0.05, 0) is 56.2 Å². The number of nitrogens with zero attached hydrogens (tertiary/aromatic N) is 1. The molecule has 29 heavy (non-hydrogen) atoms. The number of hydrogen-bond donors (Lipinski definition) is 1. The Morgan fingerprint density at radius 2 is 1.76 bits per heavy atom. The number of nitrogens with one attached hydrogen (secondary N) is 1. The lowest BCUT2D eigenvalue weighted by Gasteiger charge is -2.31. The van der Waals surface area contributed by atoms with Crippen LogP contribution in [0.4, 0.5) is 0 Å². The molecule has 0 fully saturated rings. The summed E-state index contributed by atoms with van der Waals surface area (Å²) < 4.78 is 5.61. The molecule has 5 nitrogen and oxygen atoms in total. The van der Waals surface area contributed by atoms with Crippen LogP contribution in [0.5, 0.6) is 5.75 Å². The molecule has 0 spiro atoms. The molecule has 156 valence electrons. The van der Waals surface area contributed by atoms with Crippen LogP contribution < -0.4 is 10.1 Å². The van der Waals surface area contributed by atoms with Crippen LogP contribution in [0, 0.1) is 0 Å². The highest BCUT2D eigenvalue weighted by Gasteiger charge is 2.29. The van der Waals surface area contributed by atoms with Crippen LogP contribution >= 0.6 is 23.2 Å². The molecule has 0 unspecified atom stereocenters. The number of ether oxygens (including phenoxy) is 1. The van der Waals surface area contributed by atoms with Crippen molar-refractivity contribution in [3.63, 3.8) is 0 Å². The summed E-state index contributed by atoms with van der Waals surface area (Å²) in [6.45, 7) is 5.74. The topological polar surface area (TPSA) is 58.6 Å². The molecular weight excluding hydrogens is 411 g/mol. The number of halogens is 2. The summed E-state index contributed by atoms with van der Waals surface area (Å²) in [4.78, 5) is 27.3. The number of hydrogen-bond acceptors (Lipinski definition) is 3. The molecule has 2 aromatic carbocycles. The molecule has 0 saturated carbocycles. The highest BCUT2D eigenvalue weighted by atomic mass is 35.5. The predicted octanol–water partition coefficient (Wildman–Crippen LogP) is 4.70. The Hall–Kier alpha value is -2.24. The van der Waals surface area contributed by atoms with Crippen molar-refractivity contribution < 1.29 is 14.3 Å². The van der Waals surface area contributed by atoms with E-state index < -0.39 is 6.04 Å². The van der Waals surface area contributed by atoms with Crippen molar-refractivity contribution in [3.05, 3.63) is 64.1 Å². The summed E-state index contributed by atoms with van der Waals surface area (Å²) in [5.74, 6) is 0.0234. The van der Waals surface area contributed by atoms with Gasteiger partial charge in [-0.25, -0.2) is 0 Å². The van der Waals surface area contributed by atoms with Crippen molar-refractivity contribution in [1.82, 2.24) is 10.2 Å². The summed E-state index contributed by atoms with van der Waals surface area (Å²) in [5, 5.41) is 4.03. The van der Waals surface area contributed by atoms with E-state index in [-0.39, 0.29) is 31.0 Å². The van der Waals surface area contributed by atoms with Crippen LogP contribution in [0.1, 0.15) is 32.8 Å². The van der Waals surface area contributed by atoms with Gasteiger partial charge in [0.05, 0.1) is 0 Å². The fraction of sp³-hybridized carbons (Fsp3) is 0.364. The van der Waals surface area contributed by atoms with E-state index in [0.717, 1.165) is 5.56 Å². The second kappa shape index (κ2) is 11.1. The first-order valence-electron chi connectivity index (χ1n) is 9.52. The number of carbonyl (C=O) groups is 2. The maximum atomic E-state index is 13.0. The zero-order valence-electron chi connectivity index (χ0n) is 16.8. The average Bonchev–Trinajstić information content (AvgIpc) is 2.67. The van der Waals surface area contributed by atoms with E-state index in [2.05, 4.69) is 5.32 Å². The first-order chi connectivity index (χ1) is 13.8. The highest BCUT2D eigenvalue weighted by molar-refractivity contribution is 6.30. The lowest BCUT2D eigenvalue weighted by molar-refractivity contribution is -0.143. The second-order valence-electron chi connectivity index (χ2n) is 6.98. The zero-order chi connectivity index (χ0) is 21.4. The minimum atomic E-state index is -0.608. The van der Waals surface area contributed by atoms with Gasteiger partial charge in [0.15, 0.2) is 6.61 Å². The lowest BCUT2D eigenvalue weighted by Crippen LogP contribution is -2.51. The highest BCUT2D eigenvalue weighted by Crippen LogP contribution is 2.19. The van der Waals surface area contributed by atoms with E-state index >= 15 is 0 Å². The quantitative estimate of drug-likeness (QED) is 0.619. The van der Waals surface area contributed by atoms with Crippen LogP contribution in [-0.2, 0) is 16.1 Å². The van der Waals surface area contributed by atoms with E-state index in [0.29, 0.717) is 22.2 Å². The SMILES string of the molecule is CC[C@@H](C(=O)NC(C)C)N(Cc1ccc(Cl)cc1)C(=O)COc1cccc(Cl)c1. The number of carbonyl (C=O) groups excluding carboxylic acids is 2. The number of amides is 2. The molecule has 0 aromatic heterocycles. The van der Waals surface area contributed by atoms with E-state index in [4.69, 9.17) is 27.9 Å². The van der Waals surface area contributed by atoms with Gasteiger partial charge in [-0.2, -0.15) is 0 Å². The molecule has 0 aliphatic rings. The first-order valence-corrected chi connectivity index (χ1v) is 10.3. The predicted molar refractivity (Wildman–Crippen MR) is 116 cm³/mol. The maximum absolute atomic E-state index is 13.0. The van der Waals surface area contributed by atoms with Crippen molar-refractivity contribution in [1.29, 1.82) is 0 Å². The van der Waals surface area contributed by atoms with Gasteiger partial charge in [-0.3, -0.25) is 9.59 Å². The first kappa shape index (κ1) is 23.0. The summed E-state index contributed by atoms with van der Waals surface area (Å²) in [6.07, 6.45) is 0.481. The molecule has 0 aliphatic heterocycles. The third-order valence-electron chi connectivity index (χ3n) is 4.24. The fourth-order valence-corrected chi connectivity index (χ4v) is 3.18. The van der Waals surface area contributed by atoms with Crippen LogP contribution in [0.15, 0.2) is 48.5 Å². The van der Waals surface area contributed by atoms with Crippen LogP contribution in [0.2, 0.25) is 10.0 Å². The third-order valence-corrected chi connectivity index (χ3v) is 4.73. The van der Waals surface area contributed by atoms with Crippen molar-refractivity contribution >= 4 is 35.0 Å². The monoisotopic (exact) mass is 436 g/mol. The molecule has 0 heterocycles. The van der Waals surface area contributed by atoms with Crippen LogP contribution in [0.25, 0.3) is 0 Å². The molecule has 7 heteroatoms. The van der Waals surface area contributed by atoms with E-state index in [1.54, 1.807) is 41.3 Å². The Kier molecular flexibility index (Phi) is 8.80. The van der Waals surface area contributed by atoms with Gasteiger partial charge in [0.25, 0.3) is 5.91 Å². The minimum Gasteiger partial charge on any atom is -0.484 e. The Bertz CT molecular complexity index is 825. The minimum absolute atomic E-state index is 0.0215. The fourth-order valence-electron chi connectivity index (χ4n) is 2.87. The smallest absolute Gasteiger partial charge is 0.261 e. The van der Waals surface area contributed by atoms with Gasteiger partial charge in [0.2, 0.25) is 5.91 Å². The summed E-state index contributed by atoms with van der Waals surface area (Å²) in [7, 11) is 0. The van der Waals surface area contributed by atoms with E-state index in [1.165, 1.54) is 0 Å². The van der Waals surface area contributed by atoms with Crippen LogP contribution in [-0.4, -0.2) is 35.4 Å². The largest absolute Gasteiger partial charge is 0.484 e. The molecule has 1 atom stereocenters. The van der Waals surface area contributed by atoms with Gasteiger partial charge in [0.1, 0.15) is 11.8 Å². The van der Waals surface area contributed by atoms with Crippen molar-refractivity contribution in [2.75, 3.05) is 6.61 Å². The molecule has 2 aromatic rings. The van der Waals surface area contributed by atoms with Gasteiger partial charge >= 0.3 is 0 Å². The van der Waals surface area contributed by atoms with Gasteiger partial charge in [-0.1, -0.05) is 48.3 Å². The van der Waals surface area contributed by atoms with Crippen molar-refractivity contribution in [2.24, 2.45) is 0 Å². The second-order valence-corrected chi connectivity index (χ2v) is 7.85. The molecular formula is C22H26Cl2N2O3. The average molecular weight is 437 g/mol. The molecule has 0 radical (unpaired) electrons. The lowest BCUT2D eigenvalue weighted by atomic mass is 10.1. The van der Waals surface area contributed by atoms with E-state index in [9.17, 15) is 9.59 Å². The molecule has 0 bridgehead atoms. The van der Waals surface area contributed by atoms with Gasteiger partial charge in [0, 0.05) is 22.6 Å². The van der Waals surface area contributed by atoms with Crippen LogP contribution in [0.3, 0.4) is 0 Å². The number of benzene rings is 2. The molecule has 0 saturated heterocycles. The Labute approximate surface area is 181 Å². The summed E-state index contributed by atoms with van der Waals surface area (Å²) >= 11 is 11.9. The normalized spacial score (nSPS) is 11.8. The molecule has 1 N–H and O–H groups in total. The Balaban J connectivity index is 2.20. The maximum Gasteiger partial charge on any atom is 0.261 e. The number of rotatable bonds is 9. The van der Waals surface area contributed by atoms with Crippen molar-refractivity contribution in [2.45, 2.75) is 45.8 Å². The molecule has 2 rings (SSSR count). The van der Waals surface area contributed by atoms with Gasteiger partial charge in [-0.15, -0.1) is 0 Å². The third kappa shape index (κ3) is 7.26. The zero-order valence-corrected chi connectivity index (χ0v) is 18.3. The Morgan fingerprint density at radius 1 is 1.07 bits per heavy atom. The van der Waals surface area contributed by atoms with Gasteiger partial charge < -0.3 is 15.0 Å². The molecule has 0 aliphatic carbocycles. The van der Waals surface area contributed by atoms with E-state index in [1.807, 2.05) is 32.9 Å². The van der Waals surface area contributed by atoms with Crippen molar-refractivity contribution in [3.8, 4) is 5.75 Å².